The van der Waals surface area contributed by atoms with Crippen molar-refractivity contribution < 1.29 is 9.47 Å². The van der Waals surface area contributed by atoms with Crippen molar-refractivity contribution in [2.75, 3.05) is 13.2 Å². The Morgan fingerprint density at radius 1 is 1.19 bits per heavy atom. The first-order valence-electron chi connectivity index (χ1n) is 7.47. The molecule has 1 heterocycles. The normalized spacial score (nSPS) is 18.9. The first kappa shape index (κ1) is 14.1. The van der Waals surface area contributed by atoms with Gasteiger partial charge >= 0.3 is 0 Å². The van der Waals surface area contributed by atoms with Gasteiger partial charge in [0.2, 0.25) is 0 Å². The van der Waals surface area contributed by atoms with Gasteiger partial charge in [-0.25, -0.2) is 0 Å². The Morgan fingerprint density at radius 3 is 2.71 bits per heavy atom. The summed E-state index contributed by atoms with van der Waals surface area (Å²) in [7, 11) is 0. The van der Waals surface area contributed by atoms with Gasteiger partial charge in [0.25, 0.3) is 0 Å². The van der Waals surface area contributed by atoms with Gasteiger partial charge in [0.1, 0.15) is 11.9 Å². The van der Waals surface area contributed by atoms with Crippen LogP contribution in [0.4, 0.5) is 0 Å². The van der Waals surface area contributed by atoms with Gasteiger partial charge in [-0.2, -0.15) is 0 Å². The van der Waals surface area contributed by atoms with Crippen molar-refractivity contribution in [2.45, 2.75) is 25.5 Å². The standard InChI is InChI=1S/C18H21NO2/c1-2-20-15-9-7-14(8-10-15)17(19)18-16-6-4-3-5-13(16)11-12-21-18/h3-10,17-18H,2,11-12,19H2,1H3. The van der Waals surface area contributed by atoms with E-state index in [0.29, 0.717) is 6.61 Å². The summed E-state index contributed by atoms with van der Waals surface area (Å²) >= 11 is 0. The second-order valence-corrected chi connectivity index (χ2v) is 5.27. The molecule has 2 unspecified atom stereocenters. The second kappa shape index (κ2) is 6.29. The molecule has 3 rings (SSSR count). The lowest BCUT2D eigenvalue weighted by Gasteiger charge is -2.30. The molecule has 110 valence electrons. The lowest BCUT2D eigenvalue weighted by Crippen LogP contribution is -2.27. The van der Waals surface area contributed by atoms with Crippen LogP contribution >= 0.6 is 0 Å². The molecule has 0 radical (unpaired) electrons. The SMILES string of the molecule is CCOc1ccc(C(N)C2OCCc3ccccc32)cc1. The minimum absolute atomic E-state index is 0.0760. The third-order valence-electron chi connectivity index (χ3n) is 3.93. The van der Waals surface area contributed by atoms with Crippen molar-refractivity contribution in [3.05, 3.63) is 65.2 Å². The van der Waals surface area contributed by atoms with E-state index in [4.69, 9.17) is 15.2 Å². The molecule has 0 aromatic heterocycles. The molecule has 3 heteroatoms. The fourth-order valence-electron chi connectivity index (χ4n) is 2.85. The molecule has 0 spiro atoms. The molecular weight excluding hydrogens is 262 g/mol. The highest BCUT2D eigenvalue weighted by molar-refractivity contribution is 5.35. The van der Waals surface area contributed by atoms with Crippen molar-refractivity contribution in [2.24, 2.45) is 5.73 Å². The Labute approximate surface area is 125 Å². The summed E-state index contributed by atoms with van der Waals surface area (Å²) in [5.74, 6) is 0.874. The van der Waals surface area contributed by atoms with E-state index in [0.717, 1.165) is 24.3 Å². The summed E-state index contributed by atoms with van der Waals surface area (Å²) in [5, 5.41) is 0. The maximum absolute atomic E-state index is 6.44. The molecule has 1 aliphatic rings. The van der Waals surface area contributed by atoms with Crippen molar-refractivity contribution in [1.82, 2.24) is 0 Å². The van der Waals surface area contributed by atoms with Crippen LogP contribution in [-0.2, 0) is 11.2 Å². The van der Waals surface area contributed by atoms with Gasteiger partial charge in [-0.1, -0.05) is 36.4 Å². The zero-order chi connectivity index (χ0) is 14.7. The monoisotopic (exact) mass is 283 g/mol. The molecule has 0 aliphatic carbocycles. The van der Waals surface area contributed by atoms with Crippen LogP contribution in [-0.4, -0.2) is 13.2 Å². The number of nitrogens with two attached hydrogens (primary N) is 1. The molecule has 2 atom stereocenters. The molecular formula is C18H21NO2. The van der Waals surface area contributed by atoms with E-state index in [1.165, 1.54) is 11.1 Å². The molecule has 0 fully saturated rings. The fourth-order valence-corrected chi connectivity index (χ4v) is 2.85. The van der Waals surface area contributed by atoms with Crippen LogP contribution in [0.1, 0.15) is 35.8 Å². The smallest absolute Gasteiger partial charge is 0.119 e. The molecule has 2 aromatic carbocycles. The van der Waals surface area contributed by atoms with Gasteiger partial charge < -0.3 is 15.2 Å². The van der Waals surface area contributed by atoms with Gasteiger partial charge in [-0.15, -0.1) is 0 Å². The van der Waals surface area contributed by atoms with Gasteiger partial charge in [-0.05, 0) is 42.2 Å². The highest BCUT2D eigenvalue weighted by Crippen LogP contribution is 2.35. The molecule has 21 heavy (non-hydrogen) atoms. The Balaban J connectivity index is 1.84. The number of hydrogen-bond donors (Lipinski definition) is 1. The van der Waals surface area contributed by atoms with E-state index < -0.39 is 0 Å². The lowest BCUT2D eigenvalue weighted by molar-refractivity contribution is 0.0241. The Hall–Kier alpha value is -1.84. The maximum atomic E-state index is 6.44. The predicted molar refractivity (Wildman–Crippen MR) is 83.4 cm³/mol. The molecule has 1 aliphatic heterocycles. The van der Waals surface area contributed by atoms with Crippen LogP contribution < -0.4 is 10.5 Å². The minimum Gasteiger partial charge on any atom is -0.494 e. The zero-order valence-electron chi connectivity index (χ0n) is 12.3. The molecule has 0 saturated carbocycles. The number of benzene rings is 2. The minimum atomic E-state index is -0.165. The van der Waals surface area contributed by atoms with E-state index in [-0.39, 0.29) is 12.1 Å². The number of hydrogen-bond acceptors (Lipinski definition) is 3. The van der Waals surface area contributed by atoms with Crippen LogP contribution in [0.25, 0.3) is 0 Å². The van der Waals surface area contributed by atoms with E-state index >= 15 is 0 Å². The summed E-state index contributed by atoms with van der Waals surface area (Å²) in [6.45, 7) is 3.38. The van der Waals surface area contributed by atoms with Gasteiger partial charge in [0, 0.05) is 0 Å². The average Bonchev–Trinajstić information content (AvgIpc) is 2.55. The first-order chi connectivity index (χ1) is 10.3. The van der Waals surface area contributed by atoms with Crippen LogP contribution in [0, 0.1) is 0 Å². The van der Waals surface area contributed by atoms with Crippen molar-refractivity contribution >= 4 is 0 Å². The van der Waals surface area contributed by atoms with Gasteiger partial charge in [0.05, 0.1) is 19.3 Å². The molecule has 3 nitrogen and oxygen atoms in total. The van der Waals surface area contributed by atoms with Crippen molar-refractivity contribution in [3.8, 4) is 5.75 Å². The summed E-state index contributed by atoms with van der Waals surface area (Å²) in [6, 6.07) is 16.2. The highest BCUT2D eigenvalue weighted by atomic mass is 16.5. The quantitative estimate of drug-likeness (QED) is 0.935. The highest BCUT2D eigenvalue weighted by Gasteiger charge is 2.27. The fraction of sp³-hybridized carbons (Fsp3) is 0.333. The van der Waals surface area contributed by atoms with Crippen LogP contribution in [0.3, 0.4) is 0 Å². The third-order valence-corrected chi connectivity index (χ3v) is 3.93. The molecule has 0 bridgehead atoms. The lowest BCUT2D eigenvalue weighted by atomic mass is 9.90. The molecule has 2 N–H and O–H groups in total. The maximum Gasteiger partial charge on any atom is 0.119 e. The summed E-state index contributed by atoms with van der Waals surface area (Å²) in [6.07, 6.45) is 0.885. The number of ether oxygens (including phenoxy) is 2. The van der Waals surface area contributed by atoms with Crippen molar-refractivity contribution in [3.63, 3.8) is 0 Å². The topological polar surface area (TPSA) is 44.5 Å². The molecule has 2 aromatic rings. The number of rotatable bonds is 4. The molecule has 0 amide bonds. The Morgan fingerprint density at radius 2 is 1.95 bits per heavy atom. The van der Waals surface area contributed by atoms with Crippen LogP contribution in [0.15, 0.2) is 48.5 Å². The van der Waals surface area contributed by atoms with Crippen LogP contribution in [0.2, 0.25) is 0 Å². The summed E-state index contributed by atoms with van der Waals surface area (Å²) < 4.78 is 11.4. The van der Waals surface area contributed by atoms with Crippen LogP contribution in [0.5, 0.6) is 5.75 Å². The third kappa shape index (κ3) is 2.94. The van der Waals surface area contributed by atoms with Gasteiger partial charge in [-0.3, -0.25) is 0 Å². The Kier molecular flexibility index (Phi) is 4.23. The predicted octanol–water partition coefficient (Wildman–Crippen LogP) is 3.40. The average molecular weight is 283 g/mol. The van der Waals surface area contributed by atoms with E-state index in [9.17, 15) is 0 Å². The van der Waals surface area contributed by atoms with Gasteiger partial charge in [0.15, 0.2) is 0 Å². The summed E-state index contributed by atoms with van der Waals surface area (Å²) in [5.41, 5.74) is 10.1. The largest absolute Gasteiger partial charge is 0.494 e. The summed E-state index contributed by atoms with van der Waals surface area (Å²) in [4.78, 5) is 0. The van der Waals surface area contributed by atoms with Crippen molar-refractivity contribution in [1.29, 1.82) is 0 Å². The Bertz CT molecular complexity index is 594. The van der Waals surface area contributed by atoms with E-state index in [1.807, 2.05) is 37.3 Å². The van der Waals surface area contributed by atoms with E-state index in [1.54, 1.807) is 0 Å². The zero-order valence-corrected chi connectivity index (χ0v) is 12.3. The first-order valence-corrected chi connectivity index (χ1v) is 7.47. The molecule has 0 saturated heterocycles. The van der Waals surface area contributed by atoms with E-state index in [2.05, 4.69) is 18.2 Å². The second-order valence-electron chi connectivity index (χ2n) is 5.27. The number of fused-ring (bicyclic) bond motifs is 1.